The lowest BCUT2D eigenvalue weighted by atomic mass is 9.99. The van der Waals surface area contributed by atoms with Crippen LogP contribution in [0.15, 0.2) is 0 Å². The first-order valence-electron chi connectivity index (χ1n) is 33.3. The maximum atomic E-state index is 13.0. The number of phosphoric ester groups is 2. The van der Waals surface area contributed by atoms with E-state index in [0.29, 0.717) is 37.5 Å². The van der Waals surface area contributed by atoms with E-state index in [1.54, 1.807) is 0 Å². The monoisotopic (exact) mass is 1230 g/mol. The molecule has 0 heterocycles. The minimum atomic E-state index is -4.95. The van der Waals surface area contributed by atoms with Gasteiger partial charge in [-0.3, -0.25) is 37.3 Å². The Morgan fingerprint density at radius 1 is 0.337 bits per heavy atom. The number of hydrogen-bond donors (Lipinski definition) is 3. The molecule has 0 amide bonds. The zero-order chi connectivity index (χ0) is 61.8. The van der Waals surface area contributed by atoms with Crippen LogP contribution in [-0.4, -0.2) is 96.7 Å². The highest BCUT2D eigenvalue weighted by Gasteiger charge is 2.30. The van der Waals surface area contributed by atoms with Crippen molar-refractivity contribution >= 4 is 39.5 Å². The van der Waals surface area contributed by atoms with Gasteiger partial charge in [-0.25, -0.2) is 9.13 Å². The van der Waals surface area contributed by atoms with E-state index in [9.17, 15) is 43.2 Å². The summed E-state index contributed by atoms with van der Waals surface area (Å²) in [6.07, 6.45) is 33.6. The van der Waals surface area contributed by atoms with E-state index in [2.05, 4.69) is 55.4 Å². The zero-order valence-electron chi connectivity index (χ0n) is 53.8. The van der Waals surface area contributed by atoms with Crippen LogP contribution in [0.3, 0.4) is 0 Å². The fourth-order valence-corrected chi connectivity index (χ4v) is 10.9. The van der Waals surface area contributed by atoms with Crippen LogP contribution in [0.4, 0.5) is 0 Å². The largest absolute Gasteiger partial charge is 0.472 e. The SMILES string of the molecule is CCC(C)CCCCCCCCCCC(=O)OC[C@H](COP(=O)(O)OCC(O)COP(=O)(O)OC[C@@H](COC(=O)CCCCCCCCCC(C)C)OC(=O)CCCCCCCCCCC(C)CC)OC(=O)CCCCCCCCC(C)C. The summed E-state index contributed by atoms with van der Waals surface area (Å²) in [6, 6.07) is 0. The summed E-state index contributed by atoms with van der Waals surface area (Å²) >= 11 is 0. The normalized spacial score (nSPS) is 15.1. The number of carbonyl (C=O) groups is 4. The standard InChI is InChI=1S/C64H124O17P2/c1-9-56(7)42-34-26-17-11-13-19-28-36-44-61(66)74-51-60(81-64(69)47-39-31-23-22-25-33-41-55(5)6)53-79-83(72,73)77-49-58(65)48-76-82(70,71)78-52-59(50-75-62(67)45-37-29-21-15-16-24-32-40-54(3)4)80-63(68)46-38-30-20-14-12-18-27-35-43-57(8)10-2/h54-60,65H,9-53H2,1-8H3,(H,70,71)(H,72,73)/t56?,57?,58?,59-,60-/m1/s1. The Morgan fingerprint density at radius 3 is 0.855 bits per heavy atom. The van der Waals surface area contributed by atoms with E-state index in [1.807, 2.05) is 0 Å². The average molecular weight is 1230 g/mol. The molecule has 0 aliphatic carbocycles. The molecule has 3 N–H and O–H groups in total. The van der Waals surface area contributed by atoms with Gasteiger partial charge in [0.15, 0.2) is 12.2 Å². The zero-order valence-corrected chi connectivity index (χ0v) is 55.6. The first-order valence-corrected chi connectivity index (χ1v) is 36.3. The number of aliphatic hydroxyl groups is 1. The number of esters is 4. The number of hydrogen-bond acceptors (Lipinski definition) is 15. The smallest absolute Gasteiger partial charge is 0.462 e. The molecule has 0 aliphatic heterocycles. The van der Waals surface area contributed by atoms with Crippen molar-refractivity contribution in [3.8, 4) is 0 Å². The minimum absolute atomic E-state index is 0.101. The number of phosphoric acid groups is 2. The number of carbonyl (C=O) groups excluding carboxylic acids is 4. The lowest BCUT2D eigenvalue weighted by Crippen LogP contribution is -2.30. The van der Waals surface area contributed by atoms with Crippen molar-refractivity contribution in [3.63, 3.8) is 0 Å². The molecule has 0 bridgehead atoms. The van der Waals surface area contributed by atoms with Gasteiger partial charge in [0.2, 0.25) is 0 Å². The molecular formula is C64H124O17P2. The third-order valence-electron chi connectivity index (χ3n) is 15.3. The predicted octanol–water partition coefficient (Wildman–Crippen LogP) is 17.4. The van der Waals surface area contributed by atoms with Gasteiger partial charge in [0.25, 0.3) is 0 Å². The van der Waals surface area contributed by atoms with Gasteiger partial charge in [-0.2, -0.15) is 0 Å². The summed E-state index contributed by atoms with van der Waals surface area (Å²) in [7, 11) is -9.89. The Bertz CT molecular complexity index is 1670. The first-order chi connectivity index (χ1) is 39.7. The van der Waals surface area contributed by atoms with Gasteiger partial charge in [-0.15, -0.1) is 0 Å². The molecule has 0 aromatic rings. The summed E-state index contributed by atoms with van der Waals surface area (Å²) in [4.78, 5) is 72.2. The second kappa shape index (κ2) is 54.2. The molecule has 0 aromatic heterocycles. The van der Waals surface area contributed by atoms with Crippen LogP contribution in [0.1, 0.15) is 306 Å². The van der Waals surface area contributed by atoms with Crippen LogP contribution < -0.4 is 0 Å². The molecule has 0 saturated heterocycles. The van der Waals surface area contributed by atoms with Crippen LogP contribution >= 0.6 is 15.6 Å². The molecule has 0 saturated carbocycles. The summed E-state index contributed by atoms with van der Waals surface area (Å²) in [5.41, 5.74) is 0. The van der Waals surface area contributed by atoms with Crippen LogP contribution in [0.25, 0.3) is 0 Å². The Kier molecular flexibility index (Phi) is 53.0. The van der Waals surface area contributed by atoms with Crippen LogP contribution in [0, 0.1) is 23.7 Å². The molecule has 0 fully saturated rings. The number of unbranched alkanes of at least 4 members (excludes halogenated alkanes) is 25. The van der Waals surface area contributed by atoms with E-state index in [4.69, 9.17) is 37.0 Å². The van der Waals surface area contributed by atoms with Gasteiger partial charge in [-0.1, -0.05) is 254 Å². The van der Waals surface area contributed by atoms with E-state index >= 15 is 0 Å². The third-order valence-corrected chi connectivity index (χ3v) is 17.2. The second-order valence-corrected chi connectivity index (χ2v) is 27.5. The minimum Gasteiger partial charge on any atom is -0.462 e. The molecule has 19 heteroatoms. The van der Waals surface area contributed by atoms with Gasteiger partial charge in [0, 0.05) is 25.7 Å². The van der Waals surface area contributed by atoms with Crippen LogP contribution in [0.5, 0.6) is 0 Å². The fraction of sp³-hybridized carbons (Fsp3) is 0.938. The third kappa shape index (κ3) is 56.3. The quantitative estimate of drug-likeness (QED) is 0.0222. The summed E-state index contributed by atoms with van der Waals surface area (Å²) in [5, 5.41) is 10.5. The fourth-order valence-electron chi connectivity index (χ4n) is 9.36. The van der Waals surface area contributed by atoms with Crippen molar-refractivity contribution in [3.05, 3.63) is 0 Å². The number of ether oxygens (including phenoxy) is 4. The summed E-state index contributed by atoms with van der Waals surface area (Å²) < 4.78 is 68.0. The highest BCUT2D eigenvalue weighted by atomic mass is 31.2. The van der Waals surface area contributed by atoms with E-state index in [-0.39, 0.29) is 25.7 Å². The first kappa shape index (κ1) is 81.1. The Balaban J connectivity index is 5.25. The molecule has 0 radical (unpaired) electrons. The second-order valence-electron chi connectivity index (χ2n) is 24.6. The predicted molar refractivity (Wildman–Crippen MR) is 331 cm³/mol. The van der Waals surface area contributed by atoms with Crippen LogP contribution in [0.2, 0.25) is 0 Å². The van der Waals surface area contributed by atoms with Gasteiger partial charge >= 0.3 is 39.5 Å². The average Bonchev–Trinajstić information content (AvgIpc) is 3.47. The topological polar surface area (TPSA) is 237 Å². The maximum Gasteiger partial charge on any atom is 0.472 e. The summed E-state index contributed by atoms with van der Waals surface area (Å²) in [5.74, 6) is 0.777. The van der Waals surface area contributed by atoms with Crippen LogP contribution in [-0.2, 0) is 65.4 Å². The molecular weight excluding hydrogens is 1100 g/mol. The van der Waals surface area contributed by atoms with E-state index < -0.39 is 97.5 Å². The molecule has 7 atom stereocenters. The Morgan fingerprint density at radius 2 is 0.578 bits per heavy atom. The number of rotatable bonds is 61. The molecule has 0 spiro atoms. The van der Waals surface area contributed by atoms with Crippen molar-refractivity contribution in [2.45, 2.75) is 324 Å². The van der Waals surface area contributed by atoms with Gasteiger partial charge in [0.05, 0.1) is 26.4 Å². The maximum absolute atomic E-state index is 13.0. The van der Waals surface area contributed by atoms with Crippen molar-refractivity contribution in [1.29, 1.82) is 0 Å². The van der Waals surface area contributed by atoms with Gasteiger partial charge < -0.3 is 33.8 Å². The highest BCUT2D eigenvalue weighted by Crippen LogP contribution is 2.45. The summed E-state index contributed by atoms with van der Waals surface area (Å²) in [6.45, 7) is 13.9. The van der Waals surface area contributed by atoms with Crippen molar-refractivity contribution in [2.75, 3.05) is 39.6 Å². The molecule has 17 nitrogen and oxygen atoms in total. The molecule has 83 heavy (non-hydrogen) atoms. The van der Waals surface area contributed by atoms with E-state index in [1.165, 1.54) is 103 Å². The molecule has 0 rings (SSSR count). The Labute approximate surface area is 505 Å². The lowest BCUT2D eigenvalue weighted by Gasteiger charge is -2.21. The molecule has 0 aliphatic rings. The van der Waals surface area contributed by atoms with Gasteiger partial charge in [-0.05, 0) is 49.4 Å². The Hall–Kier alpha value is -1.94. The molecule has 5 unspecified atom stereocenters. The highest BCUT2D eigenvalue weighted by molar-refractivity contribution is 7.47. The molecule has 492 valence electrons. The molecule has 0 aromatic carbocycles. The number of aliphatic hydroxyl groups excluding tert-OH is 1. The van der Waals surface area contributed by atoms with Crippen molar-refractivity contribution < 1.29 is 80.2 Å². The van der Waals surface area contributed by atoms with E-state index in [0.717, 1.165) is 108 Å². The van der Waals surface area contributed by atoms with Crippen molar-refractivity contribution in [2.24, 2.45) is 23.7 Å². The lowest BCUT2D eigenvalue weighted by molar-refractivity contribution is -0.161. The van der Waals surface area contributed by atoms with Gasteiger partial charge in [0.1, 0.15) is 19.3 Å². The van der Waals surface area contributed by atoms with Crippen molar-refractivity contribution in [1.82, 2.24) is 0 Å².